The lowest BCUT2D eigenvalue weighted by Gasteiger charge is -2.36. The van der Waals surface area contributed by atoms with Gasteiger partial charge in [0.15, 0.2) is 0 Å². The summed E-state index contributed by atoms with van der Waals surface area (Å²) in [5.41, 5.74) is 2.66. The van der Waals surface area contributed by atoms with Crippen molar-refractivity contribution in [2.75, 3.05) is 19.6 Å². The van der Waals surface area contributed by atoms with Crippen molar-refractivity contribution in [1.29, 1.82) is 0 Å². The second-order valence-electron chi connectivity index (χ2n) is 6.30. The Bertz CT molecular complexity index is 492. The zero-order chi connectivity index (χ0) is 14.7. The van der Waals surface area contributed by atoms with E-state index in [-0.39, 0.29) is 5.92 Å². The molecular formula is C18H26N2O. The maximum Gasteiger partial charge on any atom is 0.230 e. The predicted molar refractivity (Wildman–Crippen MR) is 85.4 cm³/mol. The highest BCUT2D eigenvalue weighted by Gasteiger charge is 2.31. The topological polar surface area (TPSA) is 32.3 Å². The molecule has 1 aliphatic heterocycles. The molecule has 2 aliphatic rings. The van der Waals surface area contributed by atoms with Gasteiger partial charge in [-0.15, -0.1) is 0 Å². The molecule has 0 bridgehead atoms. The molecule has 1 fully saturated rings. The average Bonchev–Trinajstić information content (AvgIpc) is 2.55. The number of carbonyl (C=O) groups excluding carboxylic acids is 1. The monoisotopic (exact) mass is 286 g/mol. The van der Waals surface area contributed by atoms with Gasteiger partial charge < -0.3 is 10.2 Å². The van der Waals surface area contributed by atoms with Gasteiger partial charge in [-0.1, -0.05) is 31.2 Å². The van der Waals surface area contributed by atoms with Gasteiger partial charge in [0, 0.05) is 19.1 Å². The number of likely N-dealkylation sites (tertiary alicyclic amines) is 1. The van der Waals surface area contributed by atoms with Gasteiger partial charge in [-0.2, -0.15) is 0 Å². The molecule has 3 nitrogen and oxygen atoms in total. The van der Waals surface area contributed by atoms with Gasteiger partial charge in [0.1, 0.15) is 0 Å². The number of piperidine rings is 1. The van der Waals surface area contributed by atoms with Crippen molar-refractivity contribution in [3.05, 3.63) is 35.4 Å². The summed E-state index contributed by atoms with van der Waals surface area (Å²) >= 11 is 0. The molecule has 0 spiro atoms. The molecule has 114 valence electrons. The van der Waals surface area contributed by atoms with E-state index in [1.165, 1.54) is 11.1 Å². The molecule has 1 saturated heterocycles. The van der Waals surface area contributed by atoms with E-state index in [4.69, 9.17) is 0 Å². The van der Waals surface area contributed by atoms with Crippen molar-refractivity contribution in [3.63, 3.8) is 0 Å². The fraction of sp³-hybridized carbons (Fsp3) is 0.611. The molecule has 1 unspecified atom stereocenters. The van der Waals surface area contributed by atoms with Crippen molar-refractivity contribution in [2.24, 2.45) is 0 Å². The van der Waals surface area contributed by atoms with Gasteiger partial charge in [0.25, 0.3) is 0 Å². The first-order valence-electron chi connectivity index (χ1n) is 8.39. The molecule has 1 aromatic carbocycles. The summed E-state index contributed by atoms with van der Waals surface area (Å²) in [7, 11) is 0. The standard InChI is InChI=1S/C18H26N2O/c1-2-19-15-10-12-20(13-11-15)18(21)17-9-5-7-14-6-3-4-8-16(14)17/h3-4,6,8,15,17,19H,2,5,7,9-13H2,1H3. The van der Waals surface area contributed by atoms with E-state index in [1.807, 2.05) is 0 Å². The number of rotatable bonds is 3. The number of aryl methyl sites for hydroxylation is 1. The van der Waals surface area contributed by atoms with E-state index in [1.54, 1.807) is 0 Å². The lowest BCUT2D eigenvalue weighted by Crippen LogP contribution is -2.46. The Labute approximate surface area is 127 Å². The fourth-order valence-corrected chi connectivity index (χ4v) is 3.82. The highest BCUT2D eigenvalue weighted by Crippen LogP contribution is 2.33. The van der Waals surface area contributed by atoms with Crippen LogP contribution in [0.5, 0.6) is 0 Å². The van der Waals surface area contributed by atoms with Crippen LogP contribution in [0.3, 0.4) is 0 Å². The first kappa shape index (κ1) is 14.6. The molecule has 1 amide bonds. The maximum atomic E-state index is 12.9. The number of hydrogen-bond acceptors (Lipinski definition) is 2. The zero-order valence-corrected chi connectivity index (χ0v) is 13.0. The van der Waals surface area contributed by atoms with Crippen LogP contribution < -0.4 is 5.32 Å². The second-order valence-corrected chi connectivity index (χ2v) is 6.30. The Hall–Kier alpha value is -1.35. The minimum absolute atomic E-state index is 0.102. The quantitative estimate of drug-likeness (QED) is 0.926. The number of nitrogens with one attached hydrogen (secondary N) is 1. The fourth-order valence-electron chi connectivity index (χ4n) is 3.82. The summed E-state index contributed by atoms with van der Waals surface area (Å²) < 4.78 is 0. The number of benzene rings is 1. The van der Waals surface area contributed by atoms with Gasteiger partial charge in [-0.3, -0.25) is 4.79 Å². The molecule has 3 heteroatoms. The molecule has 0 saturated carbocycles. The summed E-state index contributed by atoms with van der Waals surface area (Å²) in [6.07, 6.45) is 5.47. The summed E-state index contributed by atoms with van der Waals surface area (Å²) in [5, 5.41) is 3.50. The van der Waals surface area contributed by atoms with Gasteiger partial charge >= 0.3 is 0 Å². The highest BCUT2D eigenvalue weighted by molar-refractivity contribution is 5.84. The second kappa shape index (κ2) is 6.61. The third-order valence-electron chi connectivity index (χ3n) is 4.97. The van der Waals surface area contributed by atoms with Gasteiger partial charge in [0.2, 0.25) is 5.91 Å². The van der Waals surface area contributed by atoms with Crippen molar-refractivity contribution in [1.82, 2.24) is 10.2 Å². The van der Waals surface area contributed by atoms with Crippen LogP contribution in [-0.2, 0) is 11.2 Å². The minimum Gasteiger partial charge on any atom is -0.342 e. The van der Waals surface area contributed by atoms with Gasteiger partial charge in [-0.25, -0.2) is 0 Å². The molecule has 1 atom stereocenters. The SMILES string of the molecule is CCNC1CCN(C(=O)C2CCCc3ccccc32)CC1. The highest BCUT2D eigenvalue weighted by atomic mass is 16.2. The number of amides is 1. The van der Waals surface area contributed by atoms with E-state index in [9.17, 15) is 4.79 Å². The van der Waals surface area contributed by atoms with Crippen LogP contribution >= 0.6 is 0 Å². The molecule has 0 radical (unpaired) electrons. The van der Waals surface area contributed by atoms with E-state index in [2.05, 4.69) is 41.4 Å². The Balaban J connectivity index is 1.67. The van der Waals surface area contributed by atoms with Crippen molar-refractivity contribution in [2.45, 2.75) is 51.0 Å². The third-order valence-corrected chi connectivity index (χ3v) is 4.97. The molecule has 1 heterocycles. The molecule has 0 aromatic heterocycles. The minimum atomic E-state index is 0.102. The Morgan fingerprint density at radius 3 is 2.76 bits per heavy atom. The summed E-state index contributed by atoms with van der Waals surface area (Å²) in [6, 6.07) is 9.10. The number of nitrogens with zero attached hydrogens (tertiary/aromatic N) is 1. The van der Waals surface area contributed by atoms with Crippen LogP contribution in [0, 0.1) is 0 Å². The maximum absolute atomic E-state index is 12.9. The molecule has 1 aromatic rings. The van der Waals surface area contributed by atoms with Gasteiger partial charge in [0.05, 0.1) is 5.92 Å². The van der Waals surface area contributed by atoms with E-state index < -0.39 is 0 Å². The van der Waals surface area contributed by atoms with E-state index >= 15 is 0 Å². The van der Waals surface area contributed by atoms with Crippen LogP contribution in [-0.4, -0.2) is 36.5 Å². The largest absolute Gasteiger partial charge is 0.342 e. The van der Waals surface area contributed by atoms with Crippen LogP contribution in [0.25, 0.3) is 0 Å². The lowest BCUT2D eigenvalue weighted by atomic mass is 9.82. The molecule has 21 heavy (non-hydrogen) atoms. The first-order chi connectivity index (χ1) is 10.3. The smallest absolute Gasteiger partial charge is 0.230 e. The molecule has 3 rings (SSSR count). The summed E-state index contributed by atoms with van der Waals surface area (Å²) in [6.45, 7) is 5.00. The van der Waals surface area contributed by atoms with E-state index in [0.717, 1.165) is 51.7 Å². The molecule has 1 N–H and O–H groups in total. The van der Waals surface area contributed by atoms with Crippen LogP contribution in [0.4, 0.5) is 0 Å². The van der Waals surface area contributed by atoms with Crippen molar-refractivity contribution in [3.8, 4) is 0 Å². The van der Waals surface area contributed by atoms with Crippen molar-refractivity contribution < 1.29 is 4.79 Å². The Morgan fingerprint density at radius 2 is 2.00 bits per heavy atom. The van der Waals surface area contributed by atoms with E-state index in [0.29, 0.717) is 11.9 Å². The summed E-state index contributed by atoms with van der Waals surface area (Å²) in [5.74, 6) is 0.461. The van der Waals surface area contributed by atoms with Crippen molar-refractivity contribution >= 4 is 5.91 Å². The number of hydrogen-bond donors (Lipinski definition) is 1. The zero-order valence-electron chi connectivity index (χ0n) is 13.0. The first-order valence-corrected chi connectivity index (χ1v) is 8.39. The molecule has 1 aliphatic carbocycles. The Morgan fingerprint density at radius 1 is 1.24 bits per heavy atom. The van der Waals surface area contributed by atoms with Crippen LogP contribution in [0.1, 0.15) is 49.7 Å². The predicted octanol–water partition coefficient (Wildman–Crippen LogP) is 2.71. The number of fused-ring (bicyclic) bond motifs is 1. The van der Waals surface area contributed by atoms with Crippen LogP contribution in [0.15, 0.2) is 24.3 Å². The normalized spacial score (nSPS) is 22.9. The molecular weight excluding hydrogens is 260 g/mol. The lowest BCUT2D eigenvalue weighted by molar-refractivity contribution is -0.134. The Kier molecular flexibility index (Phi) is 4.59. The third kappa shape index (κ3) is 3.13. The van der Waals surface area contributed by atoms with Crippen LogP contribution in [0.2, 0.25) is 0 Å². The average molecular weight is 286 g/mol. The number of carbonyl (C=O) groups is 1. The van der Waals surface area contributed by atoms with Gasteiger partial charge in [-0.05, 0) is 49.8 Å². The summed E-state index contributed by atoms with van der Waals surface area (Å²) in [4.78, 5) is 15.0.